The van der Waals surface area contributed by atoms with Gasteiger partial charge in [0, 0.05) is 31.0 Å². The first-order valence-corrected chi connectivity index (χ1v) is 8.81. The van der Waals surface area contributed by atoms with Crippen LogP contribution in [0.2, 0.25) is 0 Å². The van der Waals surface area contributed by atoms with Crippen LogP contribution in [0.5, 0.6) is 0 Å². The fraction of sp³-hybridized carbons (Fsp3) is 0.333. The highest BCUT2D eigenvalue weighted by Gasteiger charge is 2.41. The number of carbonyl (C=O) groups excluding carboxylic acids is 1. The van der Waals surface area contributed by atoms with Gasteiger partial charge in [0.2, 0.25) is 5.91 Å². The van der Waals surface area contributed by atoms with Crippen LogP contribution in [-0.4, -0.2) is 41.5 Å². The number of amides is 1. The van der Waals surface area contributed by atoms with Gasteiger partial charge in [0.1, 0.15) is 5.54 Å². The lowest BCUT2D eigenvalue weighted by atomic mass is 9.90. The van der Waals surface area contributed by atoms with E-state index in [0.29, 0.717) is 26.1 Å². The molecule has 1 saturated heterocycles. The zero-order valence-electron chi connectivity index (χ0n) is 13.2. The Labute approximate surface area is 144 Å². The lowest BCUT2D eigenvalue weighted by Gasteiger charge is -2.33. The van der Waals surface area contributed by atoms with Crippen molar-refractivity contribution in [2.45, 2.75) is 23.3 Å². The summed E-state index contributed by atoms with van der Waals surface area (Å²) in [5.74, 6) is -1.07. The number of nitrogens with one attached hydrogen (secondary N) is 1. The van der Waals surface area contributed by atoms with E-state index in [1.165, 1.54) is 11.8 Å². The Morgan fingerprint density at radius 1 is 1.12 bits per heavy atom. The van der Waals surface area contributed by atoms with E-state index in [9.17, 15) is 14.7 Å². The Morgan fingerprint density at radius 2 is 1.83 bits per heavy atom. The number of carbonyl (C=O) groups is 2. The quantitative estimate of drug-likeness (QED) is 0.815. The maximum absolute atomic E-state index is 12.2. The summed E-state index contributed by atoms with van der Waals surface area (Å²) in [6.07, 6.45) is 0.601. The minimum atomic E-state index is -1.20. The Morgan fingerprint density at radius 3 is 2.54 bits per heavy atom. The highest BCUT2D eigenvalue weighted by atomic mass is 32.2. The van der Waals surface area contributed by atoms with Gasteiger partial charge < -0.3 is 15.2 Å². The van der Waals surface area contributed by atoms with E-state index in [-0.39, 0.29) is 11.7 Å². The fourth-order valence-electron chi connectivity index (χ4n) is 2.82. The number of thioether (sulfide) groups is 1. The van der Waals surface area contributed by atoms with Crippen molar-refractivity contribution in [3.05, 3.63) is 42.5 Å². The van der Waals surface area contributed by atoms with E-state index in [1.807, 2.05) is 42.5 Å². The van der Waals surface area contributed by atoms with Gasteiger partial charge in [0.05, 0.1) is 5.75 Å². The van der Waals surface area contributed by atoms with Crippen LogP contribution in [0.15, 0.2) is 47.4 Å². The smallest absolute Gasteiger partial charge is 0.329 e. The van der Waals surface area contributed by atoms with Gasteiger partial charge >= 0.3 is 5.97 Å². The summed E-state index contributed by atoms with van der Waals surface area (Å²) < 4.78 is 5.21. The largest absolute Gasteiger partial charge is 0.480 e. The van der Waals surface area contributed by atoms with E-state index in [0.717, 1.165) is 15.7 Å². The molecule has 0 atom stereocenters. The predicted octanol–water partition coefficient (Wildman–Crippen LogP) is 2.68. The molecule has 2 N–H and O–H groups in total. The molecule has 0 unspecified atom stereocenters. The molecule has 0 aromatic heterocycles. The van der Waals surface area contributed by atoms with Gasteiger partial charge in [-0.05, 0) is 22.9 Å². The lowest BCUT2D eigenvalue weighted by molar-refractivity contribution is -0.151. The van der Waals surface area contributed by atoms with Gasteiger partial charge in [0.25, 0.3) is 0 Å². The van der Waals surface area contributed by atoms with Crippen molar-refractivity contribution in [2.75, 3.05) is 19.0 Å². The fourth-order valence-corrected chi connectivity index (χ4v) is 3.57. The SMILES string of the molecule is O=C(CSc1ccc2ccccc2c1)NC1(C(=O)O)CCOCC1. The molecule has 1 aliphatic rings. The molecule has 24 heavy (non-hydrogen) atoms. The number of carboxylic acids is 1. The maximum Gasteiger partial charge on any atom is 0.329 e. The van der Waals surface area contributed by atoms with E-state index in [1.54, 1.807) is 0 Å². The third kappa shape index (κ3) is 3.71. The molecule has 0 spiro atoms. The van der Waals surface area contributed by atoms with Crippen molar-refractivity contribution in [3.8, 4) is 0 Å². The van der Waals surface area contributed by atoms with E-state index < -0.39 is 11.5 Å². The van der Waals surface area contributed by atoms with Crippen LogP contribution in [0, 0.1) is 0 Å². The molecule has 126 valence electrons. The summed E-state index contributed by atoms with van der Waals surface area (Å²) in [4.78, 5) is 24.8. The average Bonchev–Trinajstić information content (AvgIpc) is 2.60. The van der Waals surface area contributed by atoms with E-state index in [2.05, 4.69) is 5.32 Å². The number of benzene rings is 2. The predicted molar refractivity (Wildman–Crippen MR) is 93.2 cm³/mol. The Kier molecular flexibility index (Phi) is 5.06. The van der Waals surface area contributed by atoms with Crippen LogP contribution in [0.25, 0.3) is 10.8 Å². The molecule has 2 aromatic rings. The standard InChI is InChI=1S/C18H19NO4S/c20-16(19-18(17(21)22)7-9-23-10-8-18)12-24-15-6-5-13-3-1-2-4-14(13)11-15/h1-6,11H,7-10,12H2,(H,19,20)(H,21,22). The van der Waals surface area contributed by atoms with Crippen LogP contribution in [0.4, 0.5) is 0 Å². The van der Waals surface area contributed by atoms with Gasteiger partial charge in [-0.25, -0.2) is 4.79 Å². The van der Waals surface area contributed by atoms with Crippen molar-refractivity contribution in [3.63, 3.8) is 0 Å². The molecule has 1 amide bonds. The molecule has 6 heteroatoms. The summed E-state index contributed by atoms with van der Waals surface area (Å²) in [7, 11) is 0. The molecule has 0 bridgehead atoms. The van der Waals surface area contributed by atoms with Gasteiger partial charge in [-0.2, -0.15) is 0 Å². The number of hydrogen-bond donors (Lipinski definition) is 2. The van der Waals surface area contributed by atoms with Crippen LogP contribution in [0.1, 0.15) is 12.8 Å². The molecule has 2 aromatic carbocycles. The van der Waals surface area contributed by atoms with Crippen molar-refractivity contribution >= 4 is 34.4 Å². The van der Waals surface area contributed by atoms with Gasteiger partial charge in [-0.1, -0.05) is 30.3 Å². The number of fused-ring (bicyclic) bond motifs is 1. The summed E-state index contributed by atoms with van der Waals surface area (Å²) in [5, 5.41) is 14.4. The van der Waals surface area contributed by atoms with Crippen molar-refractivity contribution in [2.24, 2.45) is 0 Å². The third-order valence-corrected chi connectivity index (χ3v) is 5.22. The van der Waals surface area contributed by atoms with E-state index in [4.69, 9.17) is 4.74 Å². The first kappa shape index (κ1) is 16.8. The first-order chi connectivity index (χ1) is 11.6. The Balaban J connectivity index is 1.62. The first-order valence-electron chi connectivity index (χ1n) is 7.83. The molecule has 1 fully saturated rings. The lowest BCUT2D eigenvalue weighted by Crippen LogP contribution is -2.57. The highest BCUT2D eigenvalue weighted by Crippen LogP contribution is 2.25. The average molecular weight is 345 g/mol. The summed E-state index contributed by atoms with van der Waals surface area (Å²) in [6.45, 7) is 0.703. The number of aliphatic carboxylic acids is 1. The molecule has 1 aliphatic heterocycles. The number of rotatable bonds is 5. The topological polar surface area (TPSA) is 75.6 Å². The molecule has 1 heterocycles. The molecular formula is C18H19NO4S. The number of hydrogen-bond acceptors (Lipinski definition) is 4. The van der Waals surface area contributed by atoms with Crippen LogP contribution in [-0.2, 0) is 14.3 Å². The van der Waals surface area contributed by atoms with Gasteiger partial charge in [-0.15, -0.1) is 11.8 Å². The molecule has 0 saturated carbocycles. The maximum atomic E-state index is 12.2. The zero-order chi connectivity index (χ0) is 17.0. The number of ether oxygens (including phenoxy) is 1. The zero-order valence-corrected chi connectivity index (χ0v) is 14.0. The Hall–Kier alpha value is -2.05. The van der Waals surface area contributed by atoms with Crippen molar-refractivity contribution in [1.29, 1.82) is 0 Å². The molecule has 3 rings (SSSR count). The second-order valence-electron chi connectivity index (χ2n) is 5.85. The normalized spacial score (nSPS) is 16.7. The highest BCUT2D eigenvalue weighted by molar-refractivity contribution is 8.00. The molecule has 0 radical (unpaired) electrons. The molecule has 0 aliphatic carbocycles. The Bertz CT molecular complexity index is 756. The minimum Gasteiger partial charge on any atom is -0.480 e. The summed E-state index contributed by atoms with van der Waals surface area (Å²) in [5.41, 5.74) is -1.20. The second kappa shape index (κ2) is 7.23. The minimum absolute atomic E-state index is 0.189. The molecular weight excluding hydrogens is 326 g/mol. The van der Waals surface area contributed by atoms with E-state index >= 15 is 0 Å². The van der Waals surface area contributed by atoms with Crippen LogP contribution in [0.3, 0.4) is 0 Å². The van der Waals surface area contributed by atoms with Crippen molar-refractivity contribution < 1.29 is 19.4 Å². The van der Waals surface area contributed by atoms with Gasteiger partial charge in [0.15, 0.2) is 0 Å². The van der Waals surface area contributed by atoms with Crippen molar-refractivity contribution in [1.82, 2.24) is 5.32 Å². The summed E-state index contributed by atoms with van der Waals surface area (Å²) >= 11 is 1.41. The second-order valence-corrected chi connectivity index (χ2v) is 6.89. The monoisotopic (exact) mass is 345 g/mol. The van der Waals surface area contributed by atoms with Crippen LogP contribution >= 0.6 is 11.8 Å². The van der Waals surface area contributed by atoms with Crippen LogP contribution < -0.4 is 5.32 Å². The summed E-state index contributed by atoms with van der Waals surface area (Å²) in [6, 6.07) is 14.1. The number of carboxylic acid groups (broad SMARTS) is 1. The molecule has 5 nitrogen and oxygen atoms in total. The van der Waals surface area contributed by atoms with Gasteiger partial charge in [-0.3, -0.25) is 4.79 Å². The third-order valence-electron chi connectivity index (χ3n) is 4.23.